The number of carbonyl (C=O) groups excluding carboxylic acids is 1. The number of carbonyl (C=O) groups is 1. The first kappa shape index (κ1) is 18.2. The van der Waals surface area contributed by atoms with Crippen molar-refractivity contribution in [3.63, 3.8) is 0 Å². The number of nitrogens with one attached hydrogen (secondary N) is 1. The molecule has 0 atom stereocenters. The van der Waals surface area contributed by atoms with E-state index in [1.54, 1.807) is 12.1 Å². The van der Waals surface area contributed by atoms with E-state index in [2.05, 4.69) is 31.6 Å². The molecule has 3 aromatic rings. The number of rotatable bonds is 5. The molecule has 0 aliphatic rings. The van der Waals surface area contributed by atoms with Gasteiger partial charge in [0.15, 0.2) is 5.69 Å². The Bertz CT molecular complexity index is 944. The monoisotopic (exact) mass is 436 g/mol. The maximum Gasteiger partial charge on any atom is 0.277 e. The van der Waals surface area contributed by atoms with Crippen LogP contribution in [0.4, 0.5) is 5.69 Å². The molecule has 0 unspecified atom stereocenters. The molecule has 0 aliphatic heterocycles. The largest absolute Gasteiger partial charge is 0.495 e. The van der Waals surface area contributed by atoms with Gasteiger partial charge in [-0.3, -0.25) is 4.79 Å². The number of hydrogen-bond acceptors (Lipinski definition) is 5. The molecule has 7 nitrogen and oxygen atoms in total. The summed E-state index contributed by atoms with van der Waals surface area (Å²) >= 11 is 9.49. The molecular weight excluding hydrogens is 424 g/mol. The van der Waals surface area contributed by atoms with Gasteiger partial charge in [-0.2, -0.15) is 0 Å². The van der Waals surface area contributed by atoms with Crippen molar-refractivity contribution in [2.75, 3.05) is 19.5 Å². The van der Waals surface area contributed by atoms with Crippen molar-refractivity contribution in [3.05, 3.63) is 57.8 Å². The van der Waals surface area contributed by atoms with Crippen molar-refractivity contribution in [2.24, 2.45) is 0 Å². The maximum absolute atomic E-state index is 12.5. The summed E-state index contributed by atoms with van der Waals surface area (Å²) in [5, 5.41) is 11.0. The first-order valence-electron chi connectivity index (χ1n) is 7.43. The van der Waals surface area contributed by atoms with Crippen molar-refractivity contribution in [3.8, 4) is 17.2 Å². The Labute approximate surface area is 163 Å². The van der Waals surface area contributed by atoms with Crippen molar-refractivity contribution in [1.82, 2.24) is 15.0 Å². The Kier molecular flexibility index (Phi) is 5.43. The first-order chi connectivity index (χ1) is 12.5. The van der Waals surface area contributed by atoms with Crippen LogP contribution < -0.4 is 14.8 Å². The van der Waals surface area contributed by atoms with Crippen LogP contribution in [0.3, 0.4) is 0 Å². The molecule has 0 radical (unpaired) electrons. The minimum absolute atomic E-state index is 0.155. The second kappa shape index (κ2) is 7.76. The third-order valence-electron chi connectivity index (χ3n) is 3.54. The molecule has 9 heteroatoms. The third-order valence-corrected chi connectivity index (χ3v) is 4.36. The fourth-order valence-corrected chi connectivity index (χ4v) is 2.74. The summed E-state index contributed by atoms with van der Waals surface area (Å²) in [7, 11) is 2.99. The Balaban J connectivity index is 1.83. The van der Waals surface area contributed by atoms with Crippen LogP contribution in [0.5, 0.6) is 11.5 Å². The Morgan fingerprint density at radius 2 is 1.85 bits per heavy atom. The lowest BCUT2D eigenvalue weighted by Crippen LogP contribution is -2.13. The highest BCUT2D eigenvalue weighted by molar-refractivity contribution is 9.10. The Hall–Kier alpha value is -2.58. The highest BCUT2D eigenvalue weighted by atomic mass is 79.9. The SMILES string of the molecule is COc1cc(OC)c(NC(=O)c2cn(-c3ccc(Br)cc3)nn2)cc1Cl. The van der Waals surface area contributed by atoms with Crippen LogP contribution in [-0.2, 0) is 0 Å². The number of benzene rings is 2. The average molecular weight is 438 g/mol. The van der Waals surface area contributed by atoms with E-state index in [0.717, 1.165) is 10.2 Å². The van der Waals surface area contributed by atoms with Gasteiger partial charge in [-0.15, -0.1) is 5.10 Å². The topological polar surface area (TPSA) is 78.3 Å². The molecule has 0 bridgehead atoms. The summed E-state index contributed by atoms with van der Waals surface area (Å²) in [5.41, 5.74) is 1.34. The van der Waals surface area contributed by atoms with Crippen LogP contribution >= 0.6 is 27.5 Å². The highest BCUT2D eigenvalue weighted by Gasteiger charge is 2.16. The quantitative estimate of drug-likeness (QED) is 0.654. The number of amides is 1. The molecule has 26 heavy (non-hydrogen) atoms. The summed E-state index contributed by atoms with van der Waals surface area (Å²) in [6.45, 7) is 0. The summed E-state index contributed by atoms with van der Waals surface area (Å²) in [6, 6.07) is 10.6. The molecule has 1 heterocycles. The number of aromatic nitrogens is 3. The van der Waals surface area contributed by atoms with E-state index in [-0.39, 0.29) is 5.69 Å². The van der Waals surface area contributed by atoms with Crippen LogP contribution in [0.15, 0.2) is 47.1 Å². The highest BCUT2D eigenvalue weighted by Crippen LogP contribution is 2.36. The molecule has 1 aromatic heterocycles. The lowest BCUT2D eigenvalue weighted by Gasteiger charge is -2.12. The summed E-state index contributed by atoms with van der Waals surface area (Å²) in [5.74, 6) is 0.426. The zero-order valence-corrected chi connectivity index (χ0v) is 16.2. The van der Waals surface area contributed by atoms with Gasteiger partial charge in [0.2, 0.25) is 0 Å². The molecule has 1 N–H and O–H groups in total. The molecule has 0 saturated heterocycles. The lowest BCUT2D eigenvalue weighted by atomic mass is 10.2. The second-order valence-corrected chi connectivity index (χ2v) is 6.49. The van der Waals surface area contributed by atoms with Gasteiger partial charge in [0.25, 0.3) is 5.91 Å². The molecule has 3 rings (SSSR count). The van der Waals surface area contributed by atoms with E-state index < -0.39 is 5.91 Å². The van der Waals surface area contributed by atoms with Crippen LogP contribution in [0, 0.1) is 0 Å². The number of methoxy groups -OCH3 is 2. The number of ether oxygens (including phenoxy) is 2. The van der Waals surface area contributed by atoms with E-state index >= 15 is 0 Å². The number of nitrogens with zero attached hydrogens (tertiary/aromatic N) is 3. The molecule has 0 fully saturated rings. The maximum atomic E-state index is 12.5. The van der Waals surface area contributed by atoms with Gasteiger partial charge in [-0.05, 0) is 30.3 Å². The van der Waals surface area contributed by atoms with Gasteiger partial charge in [0.1, 0.15) is 11.5 Å². The van der Waals surface area contributed by atoms with E-state index in [0.29, 0.717) is 22.2 Å². The zero-order valence-electron chi connectivity index (χ0n) is 13.9. The van der Waals surface area contributed by atoms with Crippen LogP contribution in [-0.4, -0.2) is 35.1 Å². The van der Waals surface area contributed by atoms with Gasteiger partial charge in [-0.25, -0.2) is 4.68 Å². The molecule has 0 spiro atoms. The summed E-state index contributed by atoms with van der Waals surface area (Å²) in [6.07, 6.45) is 1.54. The normalized spacial score (nSPS) is 10.5. The average Bonchev–Trinajstić information content (AvgIpc) is 3.13. The summed E-state index contributed by atoms with van der Waals surface area (Å²) < 4.78 is 12.9. The summed E-state index contributed by atoms with van der Waals surface area (Å²) in [4.78, 5) is 12.5. The molecule has 1 amide bonds. The smallest absolute Gasteiger partial charge is 0.277 e. The van der Waals surface area contributed by atoms with E-state index in [1.165, 1.54) is 25.1 Å². The van der Waals surface area contributed by atoms with Crippen LogP contribution in [0.2, 0.25) is 5.02 Å². The van der Waals surface area contributed by atoms with Crippen LogP contribution in [0.1, 0.15) is 10.5 Å². The number of halogens is 2. The predicted octanol–water partition coefficient (Wildman–Crippen LogP) is 3.95. The predicted molar refractivity (Wildman–Crippen MR) is 102 cm³/mol. The van der Waals surface area contributed by atoms with Gasteiger partial charge in [-0.1, -0.05) is 32.7 Å². The van der Waals surface area contributed by atoms with Crippen LogP contribution in [0.25, 0.3) is 5.69 Å². The molecular formula is C17H14BrClN4O3. The fourth-order valence-electron chi connectivity index (χ4n) is 2.23. The minimum Gasteiger partial charge on any atom is -0.495 e. The van der Waals surface area contributed by atoms with Gasteiger partial charge >= 0.3 is 0 Å². The molecule has 0 saturated carbocycles. The van der Waals surface area contributed by atoms with Crippen molar-refractivity contribution < 1.29 is 14.3 Å². The second-order valence-electron chi connectivity index (χ2n) is 5.17. The van der Waals surface area contributed by atoms with Gasteiger partial charge in [0.05, 0.1) is 36.8 Å². The number of anilines is 1. The first-order valence-corrected chi connectivity index (χ1v) is 8.60. The van der Waals surface area contributed by atoms with Crippen molar-refractivity contribution >= 4 is 39.1 Å². The zero-order chi connectivity index (χ0) is 18.7. The van der Waals surface area contributed by atoms with Crippen molar-refractivity contribution in [1.29, 1.82) is 0 Å². The minimum atomic E-state index is -0.437. The Morgan fingerprint density at radius 1 is 1.15 bits per heavy atom. The lowest BCUT2D eigenvalue weighted by molar-refractivity contribution is 0.102. The van der Waals surface area contributed by atoms with Crippen molar-refractivity contribution in [2.45, 2.75) is 0 Å². The number of hydrogen-bond donors (Lipinski definition) is 1. The standard InChI is InChI=1S/C17H14BrClN4O3/c1-25-15-8-16(26-2)13(7-12(15)19)20-17(24)14-9-23(22-21-14)11-5-3-10(18)4-6-11/h3-9H,1-2H3,(H,20,24). The van der Waals surface area contributed by atoms with Gasteiger partial charge in [0, 0.05) is 10.5 Å². The van der Waals surface area contributed by atoms with E-state index in [1.807, 2.05) is 24.3 Å². The molecule has 0 aliphatic carbocycles. The molecule has 2 aromatic carbocycles. The molecule has 134 valence electrons. The van der Waals surface area contributed by atoms with Gasteiger partial charge < -0.3 is 14.8 Å². The Morgan fingerprint density at radius 3 is 2.50 bits per heavy atom. The van der Waals surface area contributed by atoms with E-state index in [9.17, 15) is 4.79 Å². The third kappa shape index (κ3) is 3.81. The fraction of sp³-hybridized carbons (Fsp3) is 0.118. The van der Waals surface area contributed by atoms with E-state index in [4.69, 9.17) is 21.1 Å².